The molecular weight excluding hydrogens is 476 g/mol. The Morgan fingerprint density at radius 2 is 1.58 bits per heavy atom. The minimum absolute atomic E-state index is 0.0363. The van der Waals surface area contributed by atoms with Gasteiger partial charge in [0, 0.05) is 56.7 Å². The van der Waals surface area contributed by atoms with Gasteiger partial charge in [0.1, 0.15) is 12.4 Å². The fraction of sp³-hybridized carbons (Fsp3) is 0.333. The van der Waals surface area contributed by atoms with Crippen LogP contribution in [0.1, 0.15) is 30.7 Å². The number of nitrogens with zero attached hydrogens (tertiary/aromatic N) is 5. The molecule has 0 spiro atoms. The van der Waals surface area contributed by atoms with E-state index in [9.17, 15) is 4.79 Å². The number of amides is 1. The number of piperazine rings is 1. The Morgan fingerprint density at radius 3 is 2.26 bits per heavy atom. The molecule has 0 saturated carbocycles. The summed E-state index contributed by atoms with van der Waals surface area (Å²) in [5, 5.41) is 14.6. The second-order valence-electron chi connectivity index (χ2n) is 10.2. The smallest absolute Gasteiger partial charge is 0.246 e. The highest BCUT2D eigenvalue weighted by Gasteiger charge is 2.25. The van der Waals surface area contributed by atoms with Gasteiger partial charge in [0.25, 0.3) is 0 Å². The molecule has 3 heterocycles. The molecule has 0 unspecified atom stereocenters. The molecule has 1 aliphatic rings. The van der Waals surface area contributed by atoms with E-state index < -0.39 is 5.54 Å². The maximum Gasteiger partial charge on any atom is 0.246 e. The van der Waals surface area contributed by atoms with Gasteiger partial charge in [-0.25, -0.2) is 4.98 Å². The van der Waals surface area contributed by atoms with Crippen LogP contribution in [0.4, 0.5) is 11.6 Å². The van der Waals surface area contributed by atoms with Gasteiger partial charge >= 0.3 is 0 Å². The zero-order valence-corrected chi connectivity index (χ0v) is 22.2. The summed E-state index contributed by atoms with van der Waals surface area (Å²) in [7, 11) is 1.51. The first-order valence-corrected chi connectivity index (χ1v) is 13.0. The van der Waals surface area contributed by atoms with E-state index in [0.29, 0.717) is 0 Å². The lowest BCUT2D eigenvalue weighted by Gasteiger charge is -2.36. The highest BCUT2D eigenvalue weighted by Crippen LogP contribution is 2.29. The Kier molecular flexibility index (Phi) is 7.51. The summed E-state index contributed by atoms with van der Waals surface area (Å²) in [6.07, 6.45) is 2.61. The summed E-state index contributed by atoms with van der Waals surface area (Å²) >= 11 is 0. The zero-order valence-electron chi connectivity index (χ0n) is 22.2. The first-order chi connectivity index (χ1) is 18.4. The predicted octanol–water partition coefficient (Wildman–Crippen LogP) is 3.94. The molecule has 1 fully saturated rings. The van der Waals surface area contributed by atoms with Crippen LogP contribution >= 0.6 is 0 Å². The summed E-state index contributed by atoms with van der Waals surface area (Å²) in [5.41, 5.74) is 2.64. The van der Waals surface area contributed by atoms with Crippen LogP contribution in [-0.2, 0) is 21.5 Å². The average molecular weight is 511 g/mol. The summed E-state index contributed by atoms with van der Waals surface area (Å²) in [6, 6.07) is 22.9. The summed E-state index contributed by atoms with van der Waals surface area (Å²) in [4.78, 5) is 21.3. The van der Waals surface area contributed by atoms with E-state index in [0.717, 1.165) is 66.3 Å². The molecule has 5 rings (SSSR count). The van der Waals surface area contributed by atoms with Gasteiger partial charge in [0.15, 0.2) is 5.82 Å². The van der Waals surface area contributed by atoms with Gasteiger partial charge in [-0.3, -0.25) is 4.79 Å². The van der Waals surface area contributed by atoms with E-state index in [-0.39, 0.29) is 12.5 Å². The fourth-order valence-corrected chi connectivity index (χ4v) is 4.98. The molecule has 0 aliphatic carbocycles. The van der Waals surface area contributed by atoms with Crippen molar-refractivity contribution >= 4 is 28.3 Å². The Hall–Kier alpha value is -4.04. The van der Waals surface area contributed by atoms with Crippen LogP contribution in [0.3, 0.4) is 0 Å². The van der Waals surface area contributed by atoms with Gasteiger partial charge in [-0.2, -0.15) is 5.10 Å². The van der Waals surface area contributed by atoms with Crippen molar-refractivity contribution in [1.29, 1.82) is 0 Å². The number of carbonyl (C=O) groups excluding carboxylic acids is 1. The molecule has 38 heavy (non-hydrogen) atoms. The van der Waals surface area contributed by atoms with Crippen LogP contribution in [-0.4, -0.2) is 61.0 Å². The maximum absolute atomic E-state index is 12.0. The molecule has 8 heteroatoms. The van der Waals surface area contributed by atoms with Crippen LogP contribution in [0.2, 0.25) is 0 Å². The molecule has 1 amide bonds. The van der Waals surface area contributed by atoms with E-state index in [2.05, 4.69) is 68.7 Å². The van der Waals surface area contributed by atoms with Gasteiger partial charge in [0.2, 0.25) is 5.91 Å². The van der Waals surface area contributed by atoms with Gasteiger partial charge in [-0.1, -0.05) is 60.7 Å². The lowest BCUT2D eigenvalue weighted by atomic mass is 9.96. The number of carbonyl (C=O) groups is 1. The molecule has 1 N–H and O–H groups in total. The van der Waals surface area contributed by atoms with Crippen LogP contribution in [0, 0.1) is 0 Å². The normalized spacial score (nSPS) is 14.1. The molecular formula is C30H34N6O2. The third kappa shape index (κ3) is 5.60. The third-order valence-electron chi connectivity index (χ3n) is 7.06. The SMILES string of the molecule is COCC(=O)NC(C)(C)c1ccc(N2CCN(c3nnc(Cc4ccccc4)c4ccccc34)CC2)nc1. The third-order valence-corrected chi connectivity index (χ3v) is 7.06. The van der Waals surface area contributed by atoms with Crippen molar-refractivity contribution in [3.8, 4) is 0 Å². The number of hydrogen-bond donors (Lipinski definition) is 1. The molecule has 0 bridgehead atoms. The van der Waals surface area contributed by atoms with E-state index in [1.54, 1.807) is 0 Å². The van der Waals surface area contributed by atoms with E-state index in [1.807, 2.05) is 38.2 Å². The first-order valence-electron chi connectivity index (χ1n) is 13.0. The number of ether oxygens (including phenoxy) is 1. The number of nitrogens with one attached hydrogen (secondary N) is 1. The molecule has 0 atom stereocenters. The lowest BCUT2D eigenvalue weighted by Crippen LogP contribution is -2.47. The number of methoxy groups -OCH3 is 1. The Bertz CT molecular complexity index is 1380. The van der Waals surface area contributed by atoms with Crippen molar-refractivity contribution < 1.29 is 9.53 Å². The predicted molar refractivity (Wildman–Crippen MR) is 150 cm³/mol. The van der Waals surface area contributed by atoms with Crippen molar-refractivity contribution in [3.63, 3.8) is 0 Å². The number of pyridine rings is 1. The molecule has 8 nitrogen and oxygen atoms in total. The number of aromatic nitrogens is 3. The minimum Gasteiger partial charge on any atom is -0.375 e. The summed E-state index contributed by atoms with van der Waals surface area (Å²) in [5.74, 6) is 1.72. The Morgan fingerprint density at radius 1 is 0.895 bits per heavy atom. The Labute approximate surface area is 223 Å². The molecule has 2 aromatic heterocycles. The molecule has 0 radical (unpaired) electrons. The van der Waals surface area contributed by atoms with Crippen molar-refractivity contribution in [2.75, 3.05) is 49.7 Å². The summed E-state index contributed by atoms with van der Waals surface area (Å²) in [6.45, 7) is 7.30. The van der Waals surface area contributed by atoms with Crippen molar-refractivity contribution in [2.45, 2.75) is 25.8 Å². The highest BCUT2D eigenvalue weighted by atomic mass is 16.5. The molecule has 1 saturated heterocycles. The second kappa shape index (κ2) is 11.1. The monoisotopic (exact) mass is 510 g/mol. The van der Waals surface area contributed by atoms with Crippen LogP contribution in [0.25, 0.3) is 10.8 Å². The van der Waals surface area contributed by atoms with Crippen LogP contribution in [0.15, 0.2) is 72.9 Å². The fourth-order valence-electron chi connectivity index (χ4n) is 4.98. The van der Waals surface area contributed by atoms with E-state index in [1.165, 1.54) is 12.7 Å². The quantitative estimate of drug-likeness (QED) is 0.384. The average Bonchev–Trinajstić information content (AvgIpc) is 2.94. The summed E-state index contributed by atoms with van der Waals surface area (Å²) < 4.78 is 4.93. The second-order valence-corrected chi connectivity index (χ2v) is 10.2. The number of rotatable bonds is 8. The topological polar surface area (TPSA) is 83.5 Å². The largest absolute Gasteiger partial charge is 0.375 e. The lowest BCUT2D eigenvalue weighted by molar-refractivity contribution is -0.126. The first kappa shape index (κ1) is 25.6. The number of benzene rings is 2. The number of fused-ring (bicyclic) bond motifs is 1. The number of anilines is 2. The zero-order chi connectivity index (χ0) is 26.5. The van der Waals surface area contributed by atoms with Crippen molar-refractivity contribution in [2.24, 2.45) is 0 Å². The number of hydrogen-bond acceptors (Lipinski definition) is 7. The highest BCUT2D eigenvalue weighted by molar-refractivity contribution is 5.93. The molecule has 4 aromatic rings. The van der Waals surface area contributed by atoms with Crippen molar-refractivity contribution in [1.82, 2.24) is 20.5 Å². The van der Waals surface area contributed by atoms with Crippen molar-refractivity contribution in [3.05, 3.63) is 89.7 Å². The minimum atomic E-state index is -0.535. The Balaban J connectivity index is 1.27. The maximum atomic E-state index is 12.0. The van der Waals surface area contributed by atoms with Gasteiger partial charge in [0.05, 0.1) is 11.2 Å². The van der Waals surface area contributed by atoms with Gasteiger partial charge in [-0.05, 0) is 31.0 Å². The van der Waals surface area contributed by atoms with Gasteiger partial charge in [-0.15, -0.1) is 5.10 Å². The van der Waals surface area contributed by atoms with E-state index >= 15 is 0 Å². The van der Waals surface area contributed by atoms with E-state index in [4.69, 9.17) is 14.8 Å². The molecule has 1 aliphatic heterocycles. The molecule has 196 valence electrons. The molecule has 2 aromatic carbocycles. The standard InChI is InChI=1S/C30H34N6O2/c1-30(2,32-28(37)21-38-3)23-13-14-27(31-20-23)35-15-17-36(18-16-35)29-25-12-8-7-11-24(25)26(33-34-29)19-22-9-5-4-6-10-22/h4-14,20H,15-19,21H2,1-3H3,(H,32,37). The van der Waals surface area contributed by atoms with Crippen LogP contribution < -0.4 is 15.1 Å². The van der Waals surface area contributed by atoms with Crippen LogP contribution in [0.5, 0.6) is 0 Å². The van der Waals surface area contributed by atoms with Gasteiger partial charge < -0.3 is 19.9 Å².